The van der Waals surface area contributed by atoms with E-state index >= 15 is 0 Å². The number of halogens is 1. The maximum atomic E-state index is 13.7. The molecule has 4 N–H and O–H groups in total. The van der Waals surface area contributed by atoms with Gasteiger partial charge in [0.25, 0.3) is 0 Å². The van der Waals surface area contributed by atoms with Crippen LogP contribution in [-0.4, -0.2) is 17.8 Å². The van der Waals surface area contributed by atoms with E-state index in [2.05, 4.69) is 9.97 Å². The van der Waals surface area contributed by atoms with Crippen LogP contribution in [0.1, 0.15) is 0 Å². The van der Waals surface area contributed by atoms with Gasteiger partial charge in [0.1, 0.15) is 13.5 Å². The van der Waals surface area contributed by atoms with E-state index in [1.807, 2.05) is 26.0 Å². The van der Waals surface area contributed by atoms with Crippen LogP contribution >= 0.6 is 0 Å². The Labute approximate surface area is 92.9 Å². The summed E-state index contributed by atoms with van der Waals surface area (Å²) in [6, 6.07) is 7.29. The quantitative estimate of drug-likeness (QED) is 0.642. The van der Waals surface area contributed by atoms with Gasteiger partial charge >= 0.3 is 0 Å². The summed E-state index contributed by atoms with van der Waals surface area (Å²) in [7, 11) is 1.91. The van der Waals surface area contributed by atoms with Gasteiger partial charge in [-0.15, -0.1) is 0 Å². The molecule has 0 spiro atoms. The lowest BCUT2D eigenvalue weighted by atomic mass is 9.93. The first-order valence-corrected chi connectivity index (χ1v) is 4.73. The van der Waals surface area contributed by atoms with Crippen molar-refractivity contribution in [1.82, 2.24) is 9.97 Å². The lowest BCUT2D eigenvalue weighted by molar-refractivity contribution is 0.625. The Balaban J connectivity index is 2.64. The van der Waals surface area contributed by atoms with Gasteiger partial charge in [0.15, 0.2) is 11.6 Å². The minimum absolute atomic E-state index is 0.0320. The fourth-order valence-corrected chi connectivity index (χ4v) is 1.47. The van der Waals surface area contributed by atoms with Crippen LogP contribution < -0.4 is 16.9 Å². The molecule has 0 saturated heterocycles. The number of benzene rings is 1. The predicted molar refractivity (Wildman–Crippen MR) is 64.4 cm³/mol. The summed E-state index contributed by atoms with van der Waals surface area (Å²) >= 11 is 0. The zero-order valence-corrected chi connectivity index (χ0v) is 8.74. The molecule has 0 aliphatic carbocycles. The number of rotatable bonds is 1. The first-order chi connectivity index (χ1) is 7.58. The van der Waals surface area contributed by atoms with Crippen LogP contribution in [0, 0.1) is 5.82 Å². The highest BCUT2D eigenvalue weighted by Crippen LogP contribution is 2.23. The van der Waals surface area contributed by atoms with Gasteiger partial charge in [-0.2, -0.15) is 4.98 Å². The molecule has 0 atom stereocenters. The van der Waals surface area contributed by atoms with E-state index in [0.717, 1.165) is 5.46 Å². The molecule has 6 heteroatoms. The lowest BCUT2D eigenvalue weighted by Gasteiger charge is -2.06. The van der Waals surface area contributed by atoms with Gasteiger partial charge in [-0.25, -0.2) is 9.37 Å². The summed E-state index contributed by atoms with van der Waals surface area (Å²) in [5.41, 5.74) is 12.6. The smallest absolute Gasteiger partial charge is 0.222 e. The predicted octanol–water partition coefficient (Wildman–Crippen LogP) is -0.295. The van der Waals surface area contributed by atoms with Crippen LogP contribution in [0.4, 0.5) is 16.2 Å². The van der Waals surface area contributed by atoms with Crippen LogP contribution in [0.2, 0.25) is 0 Å². The Kier molecular flexibility index (Phi) is 2.48. The molecule has 1 aromatic heterocycles. The molecule has 2 rings (SSSR count). The third-order valence-electron chi connectivity index (χ3n) is 2.19. The normalized spacial score (nSPS) is 10.3. The summed E-state index contributed by atoms with van der Waals surface area (Å²) in [4.78, 5) is 7.41. The minimum Gasteiger partial charge on any atom is -0.381 e. The summed E-state index contributed by atoms with van der Waals surface area (Å²) in [5, 5.41) is 0. The van der Waals surface area contributed by atoms with Crippen molar-refractivity contribution < 1.29 is 4.39 Å². The van der Waals surface area contributed by atoms with Crippen molar-refractivity contribution in [1.29, 1.82) is 0 Å². The van der Waals surface area contributed by atoms with Crippen molar-refractivity contribution in [3.8, 4) is 11.3 Å². The summed E-state index contributed by atoms with van der Waals surface area (Å²) in [6.45, 7) is 0. The number of hydrogen-bond donors (Lipinski definition) is 2. The zero-order valence-electron chi connectivity index (χ0n) is 8.74. The van der Waals surface area contributed by atoms with Crippen LogP contribution in [0.3, 0.4) is 0 Å². The van der Waals surface area contributed by atoms with Gasteiger partial charge in [-0.3, -0.25) is 0 Å². The molecule has 0 fully saturated rings. The molecule has 16 heavy (non-hydrogen) atoms. The number of anilines is 2. The van der Waals surface area contributed by atoms with Gasteiger partial charge in [-0.05, 0) is 0 Å². The first kappa shape index (κ1) is 10.4. The first-order valence-electron chi connectivity index (χ1n) is 4.73. The molecule has 0 aliphatic heterocycles. The number of hydrogen-bond acceptors (Lipinski definition) is 4. The minimum atomic E-state index is -0.639. The average molecular weight is 216 g/mol. The van der Waals surface area contributed by atoms with E-state index < -0.39 is 5.82 Å². The Morgan fingerprint density at radius 3 is 2.62 bits per heavy atom. The molecule has 1 aromatic carbocycles. The molecular weight excluding hydrogens is 206 g/mol. The maximum Gasteiger partial charge on any atom is 0.222 e. The molecule has 0 unspecified atom stereocenters. The average Bonchev–Trinajstić information content (AvgIpc) is 2.23. The monoisotopic (exact) mass is 216 g/mol. The molecule has 80 valence electrons. The number of nitrogens with zero attached hydrogens (tertiary/aromatic N) is 2. The molecule has 0 radical (unpaired) electrons. The number of nitrogens with two attached hydrogens (primary N) is 2. The molecule has 2 aromatic rings. The summed E-state index contributed by atoms with van der Waals surface area (Å²) in [6.07, 6.45) is 0. The second-order valence-electron chi connectivity index (χ2n) is 3.50. The lowest BCUT2D eigenvalue weighted by Crippen LogP contribution is -2.07. The van der Waals surface area contributed by atoms with Gasteiger partial charge < -0.3 is 11.5 Å². The van der Waals surface area contributed by atoms with Crippen molar-refractivity contribution in [3.63, 3.8) is 0 Å². The van der Waals surface area contributed by atoms with Gasteiger partial charge in [-0.1, -0.05) is 29.7 Å². The van der Waals surface area contributed by atoms with E-state index in [0.29, 0.717) is 5.56 Å². The Morgan fingerprint density at radius 1 is 1.19 bits per heavy atom. The Hall–Kier alpha value is -2.11. The highest BCUT2D eigenvalue weighted by molar-refractivity contribution is 6.32. The van der Waals surface area contributed by atoms with Crippen LogP contribution in [0.5, 0.6) is 0 Å². The van der Waals surface area contributed by atoms with Crippen molar-refractivity contribution >= 4 is 25.1 Å². The highest BCUT2D eigenvalue weighted by atomic mass is 19.1. The largest absolute Gasteiger partial charge is 0.381 e. The van der Waals surface area contributed by atoms with E-state index in [-0.39, 0.29) is 17.5 Å². The van der Waals surface area contributed by atoms with Crippen LogP contribution in [-0.2, 0) is 0 Å². The zero-order chi connectivity index (χ0) is 11.7. The number of aromatic nitrogens is 2. The molecule has 0 amide bonds. The maximum absolute atomic E-state index is 13.7. The van der Waals surface area contributed by atoms with Gasteiger partial charge in [0, 0.05) is 5.56 Å². The molecule has 1 heterocycles. The SMILES string of the molecule is Bc1cccc(-c2nc(N)nc(N)c2F)c1. The second-order valence-corrected chi connectivity index (χ2v) is 3.50. The van der Waals surface area contributed by atoms with Crippen molar-refractivity contribution in [2.45, 2.75) is 0 Å². The van der Waals surface area contributed by atoms with Crippen molar-refractivity contribution in [2.75, 3.05) is 11.5 Å². The van der Waals surface area contributed by atoms with Gasteiger partial charge in [0.2, 0.25) is 5.95 Å². The topological polar surface area (TPSA) is 77.8 Å². The fourth-order valence-electron chi connectivity index (χ4n) is 1.47. The Morgan fingerprint density at radius 2 is 1.94 bits per heavy atom. The van der Waals surface area contributed by atoms with Crippen LogP contribution in [0.15, 0.2) is 24.3 Å². The van der Waals surface area contributed by atoms with Gasteiger partial charge in [0.05, 0.1) is 0 Å². The van der Waals surface area contributed by atoms with Crippen molar-refractivity contribution in [2.24, 2.45) is 0 Å². The van der Waals surface area contributed by atoms with E-state index in [1.165, 1.54) is 0 Å². The molecule has 4 nitrogen and oxygen atoms in total. The molecule has 0 bridgehead atoms. The third kappa shape index (κ3) is 1.81. The standard InChI is InChI=1S/C10H10BFN4/c11-6-3-1-2-5(4-6)8-7(12)9(13)16-10(14)15-8/h1-4H,11H2,(H4,13,14,15,16). The highest BCUT2D eigenvalue weighted by Gasteiger charge is 2.12. The van der Waals surface area contributed by atoms with Crippen LogP contribution in [0.25, 0.3) is 11.3 Å². The third-order valence-corrected chi connectivity index (χ3v) is 2.19. The van der Waals surface area contributed by atoms with E-state index in [9.17, 15) is 4.39 Å². The fraction of sp³-hybridized carbons (Fsp3) is 0. The Bertz CT molecular complexity index is 544. The van der Waals surface area contributed by atoms with E-state index in [1.54, 1.807) is 6.07 Å². The summed E-state index contributed by atoms with van der Waals surface area (Å²) < 4.78 is 13.7. The molecular formula is C10H10BFN4. The molecule has 0 aliphatic rings. The number of nitrogen functional groups attached to an aromatic ring is 2. The second kappa shape index (κ2) is 3.81. The molecule has 0 saturated carbocycles. The van der Waals surface area contributed by atoms with E-state index in [4.69, 9.17) is 11.5 Å². The van der Waals surface area contributed by atoms with Crippen molar-refractivity contribution in [3.05, 3.63) is 30.1 Å². The summed E-state index contributed by atoms with van der Waals surface area (Å²) in [5.74, 6) is -0.904.